The molecule has 0 atom stereocenters. The van der Waals surface area contributed by atoms with E-state index in [1.165, 1.54) is 31.4 Å². The van der Waals surface area contributed by atoms with Crippen LogP contribution in [0.3, 0.4) is 0 Å². The lowest BCUT2D eigenvalue weighted by atomic mass is 10.1. The summed E-state index contributed by atoms with van der Waals surface area (Å²) in [4.78, 5) is 13.1. The topological polar surface area (TPSA) is 72.9 Å². The number of amides is 1. The van der Waals surface area contributed by atoms with Crippen LogP contribution in [-0.4, -0.2) is 28.0 Å². The van der Waals surface area contributed by atoms with Crippen molar-refractivity contribution in [1.82, 2.24) is 0 Å². The Hall–Kier alpha value is -3.32. The van der Waals surface area contributed by atoms with E-state index in [-0.39, 0.29) is 10.6 Å². The van der Waals surface area contributed by atoms with Crippen LogP contribution in [0.25, 0.3) is 0 Å². The second-order valence-corrected chi connectivity index (χ2v) is 8.52. The van der Waals surface area contributed by atoms with Crippen LogP contribution in [0.4, 0.5) is 5.69 Å². The van der Waals surface area contributed by atoms with Gasteiger partial charge in [-0.2, -0.15) is 4.31 Å². The molecule has 30 heavy (non-hydrogen) atoms. The van der Waals surface area contributed by atoms with Crippen molar-refractivity contribution < 1.29 is 22.7 Å². The molecule has 156 valence electrons. The molecule has 0 bridgehead atoms. The third-order valence-corrected chi connectivity index (χ3v) is 6.26. The maximum absolute atomic E-state index is 13.3. The quantitative estimate of drug-likeness (QED) is 0.570. The number of hydrogen-bond acceptors (Lipinski definition) is 5. The van der Waals surface area contributed by atoms with Crippen LogP contribution in [-0.2, 0) is 14.8 Å². The van der Waals surface area contributed by atoms with Crippen molar-refractivity contribution in [2.75, 3.05) is 18.0 Å². The summed E-state index contributed by atoms with van der Waals surface area (Å²) < 4.78 is 38.1. The fourth-order valence-corrected chi connectivity index (χ4v) is 4.42. The van der Waals surface area contributed by atoms with Gasteiger partial charge in [-0.15, -0.1) is 0 Å². The van der Waals surface area contributed by atoms with Crippen LogP contribution in [0, 0.1) is 13.8 Å². The largest absolute Gasteiger partial charge is 0.497 e. The van der Waals surface area contributed by atoms with Crippen molar-refractivity contribution in [1.29, 1.82) is 0 Å². The molecule has 0 aromatic heterocycles. The van der Waals surface area contributed by atoms with Gasteiger partial charge >= 0.3 is 0 Å². The number of aryl methyl sites for hydroxylation is 2. The summed E-state index contributed by atoms with van der Waals surface area (Å²) in [7, 11) is -2.62. The fraction of sp³-hybridized carbons (Fsp3) is 0.174. The van der Waals surface area contributed by atoms with Gasteiger partial charge < -0.3 is 9.47 Å². The van der Waals surface area contributed by atoms with E-state index in [0.717, 1.165) is 15.4 Å². The number of sulfonamides is 1. The molecule has 0 spiro atoms. The fourth-order valence-electron chi connectivity index (χ4n) is 2.99. The maximum atomic E-state index is 13.3. The second-order valence-electron chi connectivity index (χ2n) is 6.73. The number of rotatable bonds is 7. The van der Waals surface area contributed by atoms with Crippen molar-refractivity contribution >= 4 is 21.6 Å². The first kappa shape index (κ1) is 21.4. The Morgan fingerprint density at radius 1 is 0.933 bits per heavy atom. The average molecular weight is 426 g/mol. The number of nitrogens with zero attached hydrogens (tertiary/aromatic N) is 1. The normalized spacial score (nSPS) is 11.0. The third-order valence-electron chi connectivity index (χ3n) is 4.50. The summed E-state index contributed by atoms with van der Waals surface area (Å²) >= 11 is 0. The zero-order valence-corrected chi connectivity index (χ0v) is 17.8. The Balaban J connectivity index is 1.94. The zero-order chi connectivity index (χ0) is 21.7. The van der Waals surface area contributed by atoms with E-state index < -0.39 is 22.5 Å². The van der Waals surface area contributed by atoms with E-state index in [0.29, 0.717) is 11.5 Å². The second kappa shape index (κ2) is 9.00. The first-order valence-electron chi connectivity index (χ1n) is 9.30. The van der Waals surface area contributed by atoms with Gasteiger partial charge in [0.1, 0.15) is 11.5 Å². The molecule has 0 aliphatic carbocycles. The summed E-state index contributed by atoms with van der Waals surface area (Å²) in [6.45, 7) is 3.40. The van der Waals surface area contributed by atoms with Gasteiger partial charge in [-0.25, -0.2) is 8.42 Å². The molecule has 6 nitrogen and oxygen atoms in total. The summed E-state index contributed by atoms with van der Waals surface area (Å²) in [5.74, 6) is 0.375. The molecule has 3 rings (SSSR count). The van der Waals surface area contributed by atoms with E-state index in [4.69, 9.17) is 9.47 Å². The van der Waals surface area contributed by atoms with Gasteiger partial charge in [0.2, 0.25) is 0 Å². The van der Waals surface area contributed by atoms with Crippen LogP contribution in [0.2, 0.25) is 0 Å². The Labute approximate surface area is 176 Å². The Morgan fingerprint density at radius 2 is 1.60 bits per heavy atom. The van der Waals surface area contributed by atoms with Crippen LogP contribution in [0.15, 0.2) is 77.7 Å². The number of methoxy groups -OCH3 is 1. The molecule has 0 saturated carbocycles. The monoisotopic (exact) mass is 425 g/mol. The molecule has 0 saturated heterocycles. The van der Waals surface area contributed by atoms with E-state index in [1.54, 1.807) is 36.4 Å². The van der Waals surface area contributed by atoms with Crippen LogP contribution >= 0.6 is 0 Å². The molecule has 0 fully saturated rings. The van der Waals surface area contributed by atoms with Crippen molar-refractivity contribution in [3.05, 3.63) is 83.9 Å². The average Bonchev–Trinajstić information content (AvgIpc) is 2.74. The molecule has 0 heterocycles. The Bertz CT molecular complexity index is 1130. The maximum Gasteiger partial charge on any atom is 0.278 e. The van der Waals surface area contributed by atoms with Gasteiger partial charge in [0.05, 0.1) is 17.7 Å². The molecular formula is C23H23NO5S. The van der Waals surface area contributed by atoms with Gasteiger partial charge in [0.25, 0.3) is 15.9 Å². The van der Waals surface area contributed by atoms with Crippen molar-refractivity contribution in [3.8, 4) is 11.5 Å². The van der Waals surface area contributed by atoms with Gasteiger partial charge in [-0.05, 0) is 61.9 Å². The molecule has 0 unspecified atom stereocenters. The standard InChI is InChI=1S/C23H23NO5S/c1-17-9-14-22(18(2)15-17)29-16-23(25)24(19-10-12-20(28-3)13-11-19)30(26,27)21-7-5-4-6-8-21/h4-15H,16H2,1-3H3. The number of carbonyl (C=O) groups is 1. The molecule has 0 aliphatic rings. The first-order chi connectivity index (χ1) is 14.3. The van der Waals surface area contributed by atoms with Gasteiger partial charge in [0.15, 0.2) is 6.61 Å². The van der Waals surface area contributed by atoms with Crippen LogP contribution < -0.4 is 13.8 Å². The highest BCUT2D eigenvalue weighted by atomic mass is 32.2. The molecular weight excluding hydrogens is 402 g/mol. The summed E-state index contributed by atoms with van der Waals surface area (Å²) in [6.07, 6.45) is 0. The van der Waals surface area contributed by atoms with E-state index >= 15 is 0 Å². The van der Waals surface area contributed by atoms with Crippen molar-refractivity contribution in [2.24, 2.45) is 0 Å². The lowest BCUT2D eigenvalue weighted by molar-refractivity contribution is -0.119. The highest BCUT2D eigenvalue weighted by Crippen LogP contribution is 2.27. The summed E-state index contributed by atoms with van der Waals surface area (Å²) in [5.41, 5.74) is 2.14. The van der Waals surface area contributed by atoms with Crippen molar-refractivity contribution in [2.45, 2.75) is 18.7 Å². The van der Waals surface area contributed by atoms with E-state index in [1.807, 2.05) is 26.0 Å². The number of benzene rings is 3. The van der Waals surface area contributed by atoms with Crippen molar-refractivity contribution in [3.63, 3.8) is 0 Å². The lowest BCUT2D eigenvalue weighted by Crippen LogP contribution is -2.40. The Morgan fingerprint density at radius 3 is 2.20 bits per heavy atom. The van der Waals surface area contributed by atoms with E-state index in [2.05, 4.69) is 0 Å². The lowest BCUT2D eigenvalue weighted by Gasteiger charge is -2.23. The first-order valence-corrected chi connectivity index (χ1v) is 10.7. The SMILES string of the molecule is COc1ccc(N(C(=O)COc2ccc(C)cc2C)S(=O)(=O)c2ccccc2)cc1. The van der Waals surface area contributed by atoms with Crippen LogP contribution in [0.1, 0.15) is 11.1 Å². The number of ether oxygens (including phenoxy) is 2. The predicted molar refractivity (Wildman–Crippen MR) is 116 cm³/mol. The third kappa shape index (κ3) is 4.63. The van der Waals surface area contributed by atoms with Crippen LogP contribution in [0.5, 0.6) is 11.5 Å². The molecule has 3 aromatic carbocycles. The highest BCUT2D eigenvalue weighted by molar-refractivity contribution is 7.93. The molecule has 7 heteroatoms. The minimum Gasteiger partial charge on any atom is -0.497 e. The Kier molecular flexibility index (Phi) is 6.42. The molecule has 3 aromatic rings. The van der Waals surface area contributed by atoms with Gasteiger partial charge in [-0.1, -0.05) is 35.9 Å². The van der Waals surface area contributed by atoms with E-state index in [9.17, 15) is 13.2 Å². The smallest absolute Gasteiger partial charge is 0.278 e. The number of carbonyl (C=O) groups excluding carboxylic acids is 1. The number of anilines is 1. The highest BCUT2D eigenvalue weighted by Gasteiger charge is 2.31. The molecule has 0 aliphatic heterocycles. The summed E-state index contributed by atoms with van der Waals surface area (Å²) in [5, 5.41) is 0. The van der Waals surface area contributed by atoms with Gasteiger partial charge in [0, 0.05) is 0 Å². The predicted octanol–water partition coefficient (Wildman–Crippen LogP) is 4.11. The summed E-state index contributed by atoms with van der Waals surface area (Å²) in [6, 6.07) is 19.6. The zero-order valence-electron chi connectivity index (χ0n) is 17.0. The molecule has 1 amide bonds. The minimum atomic E-state index is -4.13. The van der Waals surface area contributed by atoms with Gasteiger partial charge in [-0.3, -0.25) is 4.79 Å². The minimum absolute atomic E-state index is 0.0145. The number of hydrogen-bond donors (Lipinski definition) is 0. The molecule has 0 N–H and O–H groups in total. The molecule has 0 radical (unpaired) electrons.